The number of nitrogens with one attached hydrogen (secondary N) is 1. The predicted molar refractivity (Wildman–Crippen MR) is 111 cm³/mol. The van der Waals surface area contributed by atoms with Crippen molar-refractivity contribution in [1.29, 1.82) is 0 Å². The van der Waals surface area contributed by atoms with Gasteiger partial charge in [-0.2, -0.15) is 0 Å². The molecule has 0 saturated heterocycles. The molecular formula is C22H25ClFNO4. The number of esters is 1. The summed E-state index contributed by atoms with van der Waals surface area (Å²) in [6.45, 7) is 5.09. The van der Waals surface area contributed by atoms with Crippen molar-refractivity contribution in [2.75, 3.05) is 7.11 Å². The first-order chi connectivity index (χ1) is 13.6. The van der Waals surface area contributed by atoms with E-state index in [1.54, 1.807) is 26.8 Å². The minimum atomic E-state index is -2.03. The molecule has 2 atom stereocenters. The van der Waals surface area contributed by atoms with Gasteiger partial charge >= 0.3 is 12.1 Å². The number of halogens is 2. The van der Waals surface area contributed by atoms with Crippen molar-refractivity contribution in [3.05, 3.63) is 59.1 Å². The zero-order valence-electron chi connectivity index (χ0n) is 16.9. The van der Waals surface area contributed by atoms with Crippen molar-refractivity contribution >= 4 is 23.7 Å². The van der Waals surface area contributed by atoms with Gasteiger partial charge in [0, 0.05) is 5.02 Å². The summed E-state index contributed by atoms with van der Waals surface area (Å²) >= 11 is 6.03. The van der Waals surface area contributed by atoms with Gasteiger partial charge in [-0.05, 0) is 56.0 Å². The van der Waals surface area contributed by atoms with Crippen molar-refractivity contribution in [2.45, 2.75) is 45.0 Å². The Kier molecular flexibility index (Phi) is 7.62. The van der Waals surface area contributed by atoms with E-state index < -0.39 is 29.9 Å². The fourth-order valence-electron chi connectivity index (χ4n) is 2.72. The summed E-state index contributed by atoms with van der Waals surface area (Å²) in [5.74, 6) is -1.05. The van der Waals surface area contributed by atoms with Crippen LogP contribution in [0.4, 0.5) is 9.18 Å². The largest absolute Gasteiger partial charge is 0.467 e. The Morgan fingerprint density at radius 1 is 1.10 bits per heavy atom. The highest BCUT2D eigenvalue weighted by Crippen LogP contribution is 2.23. The number of amides is 1. The SMILES string of the molecule is COC(=O)C(F)C(Cc1ccc(-c2cccc(Cl)c2)cc1)NC(=O)OC(C)(C)C. The van der Waals surface area contributed by atoms with E-state index in [1.807, 2.05) is 42.5 Å². The number of benzene rings is 2. The van der Waals surface area contributed by atoms with E-state index >= 15 is 0 Å². The summed E-state index contributed by atoms with van der Waals surface area (Å²) in [5, 5.41) is 3.07. The van der Waals surface area contributed by atoms with Crippen LogP contribution in [0.25, 0.3) is 11.1 Å². The fourth-order valence-corrected chi connectivity index (χ4v) is 2.91. The smallest absolute Gasteiger partial charge is 0.407 e. The molecule has 0 saturated carbocycles. The molecule has 156 valence electrons. The maximum absolute atomic E-state index is 14.6. The molecule has 0 aliphatic rings. The number of carbonyl (C=O) groups excluding carboxylic acids is 2. The molecule has 0 spiro atoms. The molecule has 0 radical (unpaired) electrons. The van der Waals surface area contributed by atoms with Crippen molar-refractivity contribution in [2.24, 2.45) is 0 Å². The quantitative estimate of drug-likeness (QED) is 0.670. The molecule has 0 heterocycles. The first kappa shape index (κ1) is 22.7. The third-order valence-electron chi connectivity index (χ3n) is 4.05. The van der Waals surface area contributed by atoms with Gasteiger partial charge in [0.15, 0.2) is 0 Å². The van der Waals surface area contributed by atoms with Crippen molar-refractivity contribution in [3.63, 3.8) is 0 Å². The number of methoxy groups -OCH3 is 1. The Balaban J connectivity index is 2.17. The Morgan fingerprint density at radius 2 is 1.76 bits per heavy atom. The van der Waals surface area contributed by atoms with Gasteiger partial charge < -0.3 is 14.8 Å². The zero-order chi connectivity index (χ0) is 21.6. The van der Waals surface area contributed by atoms with Gasteiger partial charge in [0.2, 0.25) is 6.17 Å². The Hall–Kier alpha value is -2.60. The molecule has 0 aromatic heterocycles. The minimum absolute atomic E-state index is 0.0886. The normalized spacial score (nSPS) is 13.3. The molecule has 0 aliphatic carbocycles. The van der Waals surface area contributed by atoms with E-state index in [1.165, 1.54) is 0 Å². The lowest BCUT2D eigenvalue weighted by Gasteiger charge is -2.25. The lowest BCUT2D eigenvalue weighted by atomic mass is 9.98. The molecule has 1 N–H and O–H groups in total. The second kappa shape index (κ2) is 9.74. The van der Waals surface area contributed by atoms with Crippen molar-refractivity contribution < 1.29 is 23.5 Å². The molecule has 0 aliphatic heterocycles. The second-order valence-corrected chi connectivity index (χ2v) is 8.03. The second-order valence-electron chi connectivity index (χ2n) is 7.59. The van der Waals surface area contributed by atoms with E-state index in [4.69, 9.17) is 16.3 Å². The van der Waals surface area contributed by atoms with Crippen LogP contribution in [0.3, 0.4) is 0 Å². The van der Waals surface area contributed by atoms with Gasteiger partial charge in [-0.15, -0.1) is 0 Å². The van der Waals surface area contributed by atoms with E-state index in [2.05, 4.69) is 10.1 Å². The average Bonchev–Trinajstić information content (AvgIpc) is 2.65. The van der Waals surface area contributed by atoms with E-state index in [-0.39, 0.29) is 6.42 Å². The van der Waals surface area contributed by atoms with Gasteiger partial charge in [0.25, 0.3) is 0 Å². The van der Waals surface area contributed by atoms with Crippen LogP contribution in [0.5, 0.6) is 0 Å². The molecule has 2 rings (SSSR count). The van der Waals surface area contributed by atoms with Crippen LogP contribution in [-0.4, -0.2) is 37.0 Å². The number of rotatable bonds is 6. The molecule has 7 heteroatoms. The molecule has 2 aromatic rings. The van der Waals surface area contributed by atoms with E-state index in [0.717, 1.165) is 23.8 Å². The van der Waals surface area contributed by atoms with Gasteiger partial charge in [0.05, 0.1) is 13.2 Å². The minimum Gasteiger partial charge on any atom is -0.467 e. The topological polar surface area (TPSA) is 64.6 Å². The summed E-state index contributed by atoms with van der Waals surface area (Å²) in [7, 11) is 1.10. The predicted octanol–water partition coefficient (Wildman–Crippen LogP) is 4.95. The van der Waals surface area contributed by atoms with Crippen LogP contribution >= 0.6 is 11.6 Å². The van der Waals surface area contributed by atoms with Gasteiger partial charge in [-0.25, -0.2) is 14.0 Å². The van der Waals surface area contributed by atoms with Crippen LogP contribution in [0.1, 0.15) is 26.3 Å². The summed E-state index contributed by atoms with van der Waals surface area (Å²) in [6, 6.07) is 13.7. The highest BCUT2D eigenvalue weighted by Gasteiger charge is 2.32. The summed E-state index contributed by atoms with van der Waals surface area (Å²) in [4.78, 5) is 23.8. The van der Waals surface area contributed by atoms with E-state index in [0.29, 0.717) is 5.02 Å². The maximum Gasteiger partial charge on any atom is 0.407 e. The number of ether oxygens (including phenoxy) is 2. The van der Waals surface area contributed by atoms with Crippen LogP contribution in [0.2, 0.25) is 5.02 Å². The van der Waals surface area contributed by atoms with E-state index in [9.17, 15) is 14.0 Å². The molecule has 5 nitrogen and oxygen atoms in total. The Bertz CT molecular complexity index is 849. The molecule has 2 aromatic carbocycles. The number of alkyl carbamates (subject to hydrolysis) is 1. The number of hydrogen-bond acceptors (Lipinski definition) is 4. The monoisotopic (exact) mass is 421 g/mol. The number of alkyl halides is 1. The Morgan fingerprint density at radius 3 is 2.31 bits per heavy atom. The molecule has 2 unspecified atom stereocenters. The lowest BCUT2D eigenvalue weighted by Crippen LogP contribution is -2.48. The number of hydrogen-bond donors (Lipinski definition) is 1. The lowest BCUT2D eigenvalue weighted by molar-refractivity contribution is -0.147. The van der Waals surface area contributed by atoms with Gasteiger partial charge in [-0.1, -0.05) is 48.0 Å². The first-order valence-electron chi connectivity index (χ1n) is 9.15. The van der Waals surface area contributed by atoms with Crippen LogP contribution in [0, 0.1) is 0 Å². The van der Waals surface area contributed by atoms with Crippen LogP contribution in [-0.2, 0) is 20.7 Å². The third kappa shape index (κ3) is 7.06. The maximum atomic E-state index is 14.6. The van der Waals surface area contributed by atoms with Crippen molar-refractivity contribution in [3.8, 4) is 11.1 Å². The average molecular weight is 422 g/mol. The summed E-state index contributed by atoms with van der Waals surface area (Å²) in [6.07, 6.45) is -2.74. The molecule has 29 heavy (non-hydrogen) atoms. The van der Waals surface area contributed by atoms with Crippen LogP contribution < -0.4 is 5.32 Å². The molecule has 0 fully saturated rings. The van der Waals surface area contributed by atoms with Gasteiger partial charge in [0.1, 0.15) is 5.60 Å². The first-order valence-corrected chi connectivity index (χ1v) is 9.53. The summed E-state index contributed by atoms with van der Waals surface area (Å²) < 4.78 is 24.2. The molecule has 0 bridgehead atoms. The molecular weight excluding hydrogens is 397 g/mol. The standard InChI is InChI=1S/C22H25ClFNO4/c1-22(2,3)29-21(27)25-18(19(24)20(26)28-4)12-14-8-10-15(11-9-14)16-6-5-7-17(23)13-16/h5-11,13,18-19H,12H2,1-4H3,(H,25,27). The highest BCUT2D eigenvalue weighted by atomic mass is 35.5. The fraction of sp³-hybridized carbons (Fsp3) is 0.364. The number of carbonyl (C=O) groups is 2. The Labute approximate surface area is 175 Å². The van der Waals surface area contributed by atoms with Crippen molar-refractivity contribution in [1.82, 2.24) is 5.32 Å². The van der Waals surface area contributed by atoms with Crippen LogP contribution in [0.15, 0.2) is 48.5 Å². The zero-order valence-corrected chi connectivity index (χ0v) is 17.6. The third-order valence-corrected chi connectivity index (χ3v) is 4.28. The van der Waals surface area contributed by atoms with Gasteiger partial charge in [-0.3, -0.25) is 0 Å². The molecule has 1 amide bonds. The summed E-state index contributed by atoms with van der Waals surface area (Å²) in [5.41, 5.74) is 1.89. The highest BCUT2D eigenvalue weighted by molar-refractivity contribution is 6.30.